The molecule has 0 aliphatic rings. The highest BCUT2D eigenvalue weighted by atomic mass is 35.5. The van der Waals surface area contributed by atoms with Crippen LogP contribution in [0.2, 0.25) is 0 Å². The van der Waals surface area contributed by atoms with Gasteiger partial charge in [-0.25, -0.2) is 0 Å². The number of rotatable bonds is 6. The predicted octanol–water partition coefficient (Wildman–Crippen LogP) is 2.57. The van der Waals surface area contributed by atoms with Gasteiger partial charge in [-0.2, -0.15) is 0 Å². The van der Waals surface area contributed by atoms with Gasteiger partial charge in [0.25, 0.3) is 5.91 Å². The summed E-state index contributed by atoms with van der Waals surface area (Å²) in [7, 11) is 0. The van der Waals surface area contributed by atoms with Crippen LogP contribution >= 0.6 is 11.6 Å². The minimum Gasteiger partial charge on any atom is -0.395 e. The Morgan fingerprint density at radius 1 is 1.56 bits per heavy atom. The molecule has 0 fully saturated rings. The number of halogens is 1. The lowest BCUT2D eigenvalue weighted by molar-refractivity contribution is -0.402. The maximum absolute atomic E-state index is 11.6. The number of nitrogens with one attached hydrogen (secondary N) is 1. The van der Waals surface area contributed by atoms with Crippen LogP contribution in [0.1, 0.15) is 30.8 Å². The molecule has 1 aromatic heterocycles. The van der Waals surface area contributed by atoms with Gasteiger partial charge in [0, 0.05) is 6.54 Å². The topological polar surface area (TPSA) is 85.4 Å². The number of amides is 1. The lowest BCUT2D eigenvalue weighted by Crippen LogP contribution is -2.30. The average Bonchev–Trinajstić information content (AvgIpc) is 2.74. The highest BCUT2D eigenvalue weighted by Crippen LogP contribution is 2.15. The summed E-state index contributed by atoms with van der Waals surface area (Å²) in [5.41, 5.74) is 0. The highest BCUT2D eigenvalue weighted by molar-refractivity contribution is 6.20. The van der Waals surface area contributed by atoms with Crippen molar-refractivity contribution >= 4 is 23.4 Å². The second-order valence-electron chi connectivity index (χ2n) is 4.33. The summed E-state index contributed by atoms with van der Waals surface area (Å²) in [4.78, 5) is 21.3. The van der Waals surface area contributed by atoms with Gasteiger partial charge in [0.05, 0.1) is 11.4 Å². The number of carbonyl (C=O) groups excluding carboxylic acids is 1. The van der Waals surface area contributed by atoms with Gasteiger partial charge in [0.2, 0.25) is 0 Å². The lowest BCUT2D eigenvalue weighted by atomic mass is 10.1. The van der Waals surface area contributed by atoms with Crippen molar-refractivity contribution < 1.29 is 14.1 Å². The minimum absolute atomic E-state index is 0.0879. The minimum atomic E-state index is -0.695. The van der Waals surface area contributed by atoms with Crippen LogP contribution in [-0.4, -0.2) is 22.8 Å². The van der Waals surface area contributed by atoms with E-state index < -0.39 is 16.7 Å². The smallest absolute Gasteiger partial charge is 0.395 e. The molecule has 0 saturated heterocycles. The lowest BCUT2D eigenvalue weighted by Gasteiger charge is -2.12. The van der Waals surface area contributed by atoms with Crippen molar-refractivity contribution in [3.8, 4) is 0 Å². The Kier molecular flexibility index (Phi) is 5.15. The molecule has 1 N–H and O–H groups in total. The Morgan fingerprint density at radius 2 is 2.22 bits per heavy atom. The third-order valence-corrected chi connectivity index (χ3v) is 2.54. The first-order chi connectivity index (χ1) is 8.40. The first-order valence-corrected chi connectivity index (χ1v) is 6.00. The van der Waals surface area contributed by atoms with Crippen LogP contribution < -0.4 is 5.32 Å². The summed E-state index contributed by atoms with van der Waals surface area (Å²) in [6, 6.07) is 2.40. The zero-order valence-electron chi connectivity index (χ0n) is 10.2. The standard InChI is InChI=1S/C11H15ClN2O4/c1-7(2)5-8(12)6-13-11(15)9-3-4-10(18-9)14(16)17/h3-4,7-8H,5-6H2,1-2H3,(H,13,15). The number of hydrogen-bond acceptors (Lipinski definition) is 4. The van der Waals surface area contributed by atoms with Crippen molar-refractivity contribution in [1.29, 1.82) is 0 Å². The predicted molar refractivity (Wildman–Crippen MR) is 66.8 cm³/mol. The monoisotopic (exact) mass is 274 g/mol. The number of nitrogens with zero attached hydrogens (tertiary/aromatic N) is 1. The molecule has 18 heavy (non-hydrogen) atoms. The molecule has 0 aliphatic heterocycles. The number of furan rings is 1. The maximum atomic E-state index is 11.6. The largest absolute Gasteiger partial charge is 0.433 e. The molecule has 100 valence electrons. The number of alkyl halides is 1. The second-order valence-corrected chi connectivity index (χ2v) is 4.95. The maximum Gasteiger partial charge on any atom is 0.433 e. The summed E-state index contributed by atoms with van der Waals surface area (Å²) in [5, 5.41) is 12.8. The van der Waals surface area contributed by atoms with Gasteiger partial charge in [-0.15, -0.1) is 11.6 Å². The van der Waals surface area contributed by atoms with Crippen molar-refractivity contribution in [2.24, 2.45) is 5.92 Å². The Bertz CT molecular complexity index is 430. The van der Waals surface area contributed by atoms with Gasteiger partial charge >= 0.3 is 5.88 Å². The van der Waals surface area contributed by atoms with Gasteiger partial charge in [-0.1, -0.05) is 13.8 Å². The third-order valence-electron chi connectivity index (χ3n) is 2.21. The summed E-state index contributed by atoms with van der Waals surface area (Å²) < 4.78 is 4.77. The molecule has 0 aromatic carbocycles. The average molecular weight is 275 g/mol. The molecule has 1 amide bonds. The molecule has 0 saturated carbocycles. The molecular formula is C11H15ClN2O4. The molecule has 7 heteroatoms. The van der Waals surface area contributed by atoms with Crippen LogP contribution in [0.15, 0.2) is 16.5 Å². The first kappa shape index (κ1) is 14.5. The molecule has 0 spiro atoms. The van der Waals surface area contributed by atoms with E-state index in [1.165, 1.54) is 6.07 Å². The van der Waals surface area contributed by atoms with E-state index in [9.17, 15) is 14.9 Å². The Labute approximate surface area is 109 Å². The van der Waals surface area contributed by atoms with E-state index in [1.54, 1.807) is 0 Å². The molecule has 0 bridgehead atoms. The van der Waals surface area contributed by atoms with Crippen LogP contribution in [0.3, 0.4) is 0 Å². The van der Waals surface area contributed by atoms with Crippen LogP contribution in [0, 0.1) is 16.0 Å². The number of carbonyl (C=O) groups is 1. The Morgan fingerprint density at radius 3 is 2.72 bits per heavy atom. The van der Waals surface area contributed by atoms with E-state index in [2.05, 4.69) is 5.32 Å². The Hall–Kier alpha value is -1.56. The second kappa shape index (κ2) is 6.39. The van der Waals surface area contributed by atoms with Gasteiger partial charge in [0.15, 0.2) is 5.76 Å². The van der Waals surface area contributed by atoms with E-state index in [0.29, 0.717) is 12.5 Å². The molecule has 1 atom stereocenters. The van der Waals surface area contributed by atoms with E-state index in [1.807, 2.05) is 13.8 Å². The van der Waals surface area contributed by atoms with Gasteiger partial charge in [-0.05, 0) is 18.4 Å². The zero-order chi connectivity index (χ0) is 13.7. The Balaban J connectivity index is 2.47. The molecule has 6 nitrogen and oxygen atoms in total. The van der Waals surface area contributed by atoms with E-state index in [4.69, 9.17) is 16.0 Å². The summed E-state index contributed by atoms with van der Waals surface area (Å²) >= 11 is 6.01. The van der Waals surface area contributed by atoms with Gasteiger partial charge in [0.1, 0.15) is 4.92 Å². The molecular weight excluding hydrogens is 260 g/mol. The fourth-order valence-corrected chi connectivity index (χ4v) is 1.87. The summed E-state index contributed by atoms with van der Waals surface area (Å²) in [5.74, 6) is -0.605. The van der Waals surface area contributed by atoms with E-state index >= 15 is 0 Å². The number of nitro groups is 1. The molecule has 1 rings (SSSR count). The third kappa shape index (κ3) is 4.37. The van der Waals surface area contributed by atoms with Crippen molar-refractivity contribution in [2.75, 3.05) is 6.54 Å². The van der Waals surface area contributed by atoms with Gasteiger partial charge in [-0.3, -0.25) is 14.9 Å². The SMILES string of the molecule is CC(C)CC(Cl)CNC(=O)c1ccc([N+](=O)[O-])o1. The molecule has 1 heterocycles. The molecule has 0 aliphatic carbocycles. The fourth-order valence-electron chi connectivity index (χ4n) is 1.43. The van der Waals surface area contributed by atoms with Crippen molar-refractivity contribution in [1.82, 2.24) is 5.32 Å². The normalized spacial score (nSPS) is 12.4. The van der Waals surface area contributed by atoms with Crippen molar-refractivity contribution in [3.63, 3.8) is 0 Å². The summed E-state index contributed by atoms with van der Waals surface area (Å²) in [6.45, 7) is 4.37. The zero-order valence-corrected chi connectivity index (χ0v) is 10.9. The molecule has 1 unspecified atom stereocenters. The van der Waals surface area contributed by atoms with Crippen LogP contribution in [0.4, 0.5) is 5.88 Å². The van der Waals surface area contributed by atoms with Gasteiger partial charge < -0.3 is 9.73 Å². The quantitative estimate of drug-likeness (QED) is 0.491. The molecule has 1 aromatic rings. The summed E-state index contributed by atoms with van der Waals surface area (Å²) in [6.07, 6.45) is 0.778. The first-order valence-electron chi connectivity index (χ1n) is 5.56. The van der Waals surface area contributed by atoms with Crippen molar-refractivity contribution in [3.05, 3.63) is 28.0 Å². The molecule has 0 radical (unpaired) electrons. The highest BCUT2D eigenvalue weighted by Gasteiger charge is 2.18. The van der Waals surface area contributed by atoms with E-state index in [0.717, 1.165) is 12.5 Å². The van der Waals surface area contributed by atoms with Crippen molar-refractivity contribution in [2.45, 2.75) is 25.6 Å². The fraction of sp³-hybridized carbons (Fsp3) is 0.545. The van der Waals surface area contributed by atoms with Crippen LogP contribution in [0.5, 0.6) is 0 Å². The van der Waals surface area contributed by atoms with Crippen LogP contribution in [0.25, 0.3) is 0 Å². The van der Waals surface area contributed by atoms with Crippen LogP contribution in [-0.2, 0) is 0 Å². The number of hydrogen-bond donors (Lipinski definition) is 1. The van der Waals surface area contributed by atoms with E-state index in [-0.39, 0.29) is 11.1 Å².